The molecule has 0 aromatic carbocycles. The molecule has 172 valence electrons. The Hall–Kier alpha value is -0.360. The van der Waals surface area contributed by atoms with Gasteiger partial charge in [-0.15, -0.1) is 0 Å². The van der Waals surface area contributed by atoms with E-state index in [9.17, 15) is 40.9 Å². The molecule has 0 saturated heterocycles. The van der Waals surface area contributed by atoms with E-state index in [1.807, 2.05) is 0 Å². The van der Waals surface area contributed by atoms with Crippen molar-refractivity contribution in [2.75, 3.05) is 26.4 Å². The predicted octanol–water partition coefficient (Wildman–Crippen LogP) is -1.44. The maximum absolute atomic E-state index is 11.3. The second-order valence-electron chi connectivity index (χ2n) is 8.97. The molecule has 2 fully saturated rings. The van der Waals surface area contributed by atoms with E-state index in [1.54, 1.807) is 0 Å². The predicted molar refractivity (Wildman–Crippen MR) is 103 cm³/mol. The molecule has 29 heavy (non-hydrogen) atoms. The smallest absolute Gasteiger partial charge is 0.119 e. The zero-order valence-corrected chi connectivity index (χ0v) is 17.0. The van der Waals surface area contributed by atoms with Gasteiger partial charge in [-0.1, -0.05) is 25.7 Å². The lowest BCUT2D eigenvalue weighted by Crippen LogP contribution is -2.67. The fourth-order valence-corrected chi connectivity index (χ4v) is 5.29. The highest BCUT2D eigenvalue weighted by Crippen LogP contribution is 2.53. The van der Waals surface area contributed by atoms with Gasteiger partial charge in [0, 0.05) is 12.8 Å². The third-order valence-electron chi connectivity index (χ3n) is 7.00. The molecule has 0 radical (unpaired) electrons. The Morgan fingerprint density at radius 3 is 1.21 bits per heavy atom. The van der Waals surface area contributed by atoms with Gasteiger partial charge in [-0.05, 0) is 25.7 Å². The van der Waals surface area contributed by atoms with Crippen molar-refractivity contribution in [3.63, 3.8) is 0 Å². The molecule has 2 rings (SSSR count). The Bertz CT molecular complexity index is 460. The van der Waals surface area contributed by atoms with Crippen molar-refractivity contribution < 1.29 is 45.6 Å². The quantitative estimate of drug-likeness (QED) is 0.188. The number of ether oxygens (including phenoxy) is 1. The van der Waals surface area contributed by atoms with Crippen LogP contribution >= 0.6 is 0 Å². The molecule has 0 aliphatic heterocycles. The van der Waals surface area contributed by atoms with E-state index < -0.39 is 61.0 Å². The summed E-state index contributed by atoms with van der Waals surface area (Å²) >= 11 is 0. The first-order valence-electron chi connectivity index (χ1n) is 10.6. The summed E-state index contributed by atoms with van der Waals surface area (Å²) in [4.78, 5) is 0. The maximum atomic E-state index is 11.3. The molecule has 0 bridgehead atoms. The van der Waals surface area contributed by atoms with E-state index in [1.165, 1.54) is 0 Å². The molecule has 4 unspecified atom stereocenters. The average molecular weight is 423 g/mol. The van der Waals surface area contributed by atoms with Crippen molar-refractivity contribution >= 4 is 0 Å². The van der Waals surface area contributed by atoms with Gasteiger partial charge in [0.1, 0.15) is 22.4 Å². The third kappa shape index (κ3) is 4.78. The second-order valence-corrected chi connectivity index (χ2v) is 8.97. The summed E-state index contributed by atoms with van der Waals surface area (Å²) in [6, 6.07) is 0. The molecule has 9 nitrogen and oxygen atoms in total. The van der Waals surface area contributed by atoms with Crippen molar-refractivity contribution in [2.24, 2.45) is 0 Å². The molecule has 0 aromatic rings. The van der Waals surface area contributed by atoms with Gasteiger partial charge in [-0.3, -0.25) is 0 Å². The second kappa shape index (κ2) is 9.84. The van der Waals surface area contributed by atoms with Crippen LogP contribution in [0.5, 0.6) is 0 Å². The average Bonchev–Trinajstić information content (AvgIpc) is 3.39. The van der Waals surface area contributed by atoms with Crippen LogP contribution in [-0.4, -0.2) is 102 Å². The van der Waals surface area contributed by atoms with Crippen LogP contribution in [-0.2, 0) is 4.74 Å². The minimum atomic E-state index is -1.85. The van der Waals surface area contributed by atoms with Gasteiger partial charge in [-0.2, -0.15) is 0 Å². The van der Waals surface area contributed by atoms with Crippen LogP contribution in [0.3, 0.4) is 0 Å². The molecule has 4 atom stereocenters. The van der Waals surface area contributed by atoms with Gasteiger partial charge in [0.05, 0.1) is 38.6 Å². The lowest BCUT2D eigenvalue weighted by atomic mass is 9.73. The van der Waals surface area contributed by atoms with E-state index in [-0.39, 0.29) is 12.8 Å². The van der Waals surface area contributed by atoms with Gasteiger partial charge in [-0.25, -0.2) is 0 Å². The van der Waals surface area contributed by atoms with Crippen molar-refractivity contribution in [1.82, 2.24) is 0 Å². The fourth-order valence-electron chi connectivity index (χ4n) is 5.29. The van der Waals surface area contributed by atoms with Crippen LogP contribution in [0.25, 0.3) is 0 Å². The summed E-state index contributed by atoms with van der Waals surface area (Å²) in [5.41, 5.74) is -6.27. The highest BCUT2D eigenvalue weighted by molar-refractivity contribution is 5.12. The Morgan fingerprint density at radius 2 is 0.966 bits per heavy atom. The molecule has 0 aromatic heterocycles. The number of rotatable bonds is 12. The van der Waals surface area contributed by atoms with Crippen molar-refractivity contribution in [2.45, 2.75) is 98.8 Å². The monoisotopic (exact) mass is 422 g/mol. The standard InChI is InChI=1S/C20H38O9/c21-11-15(25)9-17(27,13-23)19(5-1-2-6-19)29-20(7-3-4-8-20)18(28,14-24)10-16(26)12-22/h15-16,21-28H,1-14H2. The summed E-state index contributed by atoms with van der Waals surface area (Å²) in [6.45, 7) is -2.55. The summed E-state index contributed by atoms with van der Waals surface area (Å²) in [6.07, 6.45) is 1.29. The topological polar surface area (TPSA) is 171 Å². The van der Waals surface area contributed by atoms with E-state index in [2.05, 4.69) is 0 Å². The van der Waals surface area contributed by atoms with Crippen LogP contribution in [0.1, 0.15) is 64.2 Å². The molecule has 2 aliphatic carbocycles. The van der Waals surface area contributed by atoms with Crippen molar-refractivity contribution in [3.8, 4) is 0 Å². The van der Waals surface area contributed by atoms with Crippen molar-refractivity contribution in [1.29, 1.82) is 0 Å². The van der Waals surface area contributed by atoms with E-state index >= 15 is 0 Å². The summed E-state index contributed by atoms with van der Waals surface area (Å²) < 4.78 is 6.54. The lowest BCUT2D eigenvalue weighted by Gasteiger charge is -2.54. The summed E-state index contributed by atoms with van der Waals surface area (Å²) in [5.74, 6) is 0. The Morgan fingerprint density at radius 1 is 0.655 bits per heavy atom. The molecule has 9 heteroatoms. The molecule has 0 spiro atoms. The van der Waals surface area contributed by atoms with E-state index in [0.29, 0.717) is 51.4 Å². The van der Waals surface area contributed by atoms with E-state index in [0.717, 1.165) is 0 Å². The van der Waals surface area contributed by atoms with E-state index in [4.69, 9.17) is 4.74 Å². The van der Waals surface area contributed by atoms with Gasteiger partial charge < -0.3 is 45.6 Å². The highest BCUT2D eigenvalue weighted by Gasteiger charge is 2.62. The molecule has 2 aliphatic rings. The van der Waals surface area contributed by atoms with Gasteiger partial charge in [0.2, 0.25) is 0 Å². The van der Waals surface area contributed by atoms with Crippen LogP contribution in [0, 0.1) is 0 Å². The van der Waals surface area contributed by atoms with Crippen LogP contribution < -0.4 is 0 Å². The zero-order valence-electron chi connectivity index (χ0n) is 17.0. The van der Waals surface area contributed by atoms with Gasteiger partial charge in [0.15, 0.2) is 0 Å². The summed E-state index contributed by atoms with van der Waals surface area (Å²) in [7, 11) is 0. The number of aliphatic hydroxyl groups excluding tert-OH is 6. The van der Waals surface area contributed by atoms with Crippen LogP contribution in [0.4, 0.5) is 0 Å². The third-order valence-corrected chi connectivity index (χ3v) is 7.00. The number of aliphatic hydroxyl groups is 8. The SMILES string of the molecule is OCC(O)CC(O)(CO)C1(OC2(C(O)(CO)CC(O)CO)CCCC2)CCCC1. The first-order chi connectivity index (χ1) is 13.7. The Balaban J connectivity index is 2.43. The van der Waals surface area contributed by atoms with Crippen LogP contribution in [0.2, 0.25) is 0 Å². The lowest BCUT2D eigenvalue weighted by molar-refractivity contribution is -0.303. The molecule has 8 N–H and O–H groups in total. The molecular weight excluding hydrogens is 384 g/mol. The highest BCUT2D eigenvalue weighted by atomic mass is 16.6. The normalized spacial score (nSPS) is 27.3. The maximum Gasteiger partial charge on any atom is 0.119 e. The van der Waals surface area contributed by atoms with Gasteiger partial charge in [0.25, 0.3) is 0 Å². The Labute approximate surface area is 171 Å². The first-order valence-corrected chi connectivity index (χ1v) is 10.6. The number of hydrogen-bond acceptors (Lipinski definition) is 9. The zero-order chi connectivity index (χ0) is 21.8. The molecule has 0 heterocycles. The first kappa shape index (κ1) is 24.9. The minimum absolute atomic E-state index is 0.299. The van der Waals surface area contributed by atoms with Crippen molar-refractivity contribution in [3.05, 3.63) is 0 Å². The fraction of sp³-hybridized carbons (Fsp3) is 1.00. The van der Waals surface area contributed by atoms with Gasteiger partial charge >= 0.3 is 0 Å². The minimum Gasteiger partial charge on any atom is -0.394 e. The molecular formula is C20H38O9. The van der Waals surface area contributed by atoms with Crippen LogP contribution in [0.15, 0.2) is 0 Å². The Kier molecular flexibility index (Phi) is 8.45. The summed E-state index contributed by atoms with van der Waals surface area (Å²) in [5, 5.41) is 81.2. The largest absolute Gasteiger partial charge is 0.394 e. The molecule has 0 amide bonds. The number of hydrogen-bond donors (Lipinski definition) is 8. The molecule has 2 saturated carbocycles.